The summed E-state index contributed by atoms with van der Waals surface area (Å²) in [5.74, 6) is 2.47. The average molecular weight is 332 g/mol. The zero-order chi connectivity index (χ0) is 17.5. The molecule has 3 heteroatoms. The van der Waals surface area contributed by atoms with Crippen molar-refractivity contribution in [3.63, 3.8) is 0 Å². The van der Waals surface area contributed by atoms with Gasteiger partial charge in [-0.05, 0) is 75.3 Å². The van der Waals surface area contributed by atoms with E-state index in [9.17, 15) is 0 Å². The van der Waals surface area contributed by atoms with E-state index in [0.717, 1.165) is 36.9 Å². The third-order valence-corrected chi connectivity index (χ3v) is 4.95. The van der Waals surface area contributed by atoms with E-state index in [-0.39, 0.29) is 0 Å². The number of allylic oxidation sites excluding steroid dienone is 2. The molecule has 0 bridgehead atoms. The molecule has 24 heavy (non-hydrogen) atoms. The predicted octanol–water partition coefficient (Wildman–Crippen LogP) is 4.83. The highest BCUT2D eigenvalue weighted by atomic mass is 16.5. The molecule has 1 aromatic carbocycles. The van der Waals surface area contributed by atoms with Crippen LogP contribution in [0.5, 0.6) is 11.5 Å². The minimum Gasteiger partial charge on any atom is -0.493 e. The van der Waals surface area contributed by atoms with Gasteiger partial charge in [-0.2, -0.15) is 0 Å². The molecule has 0 saturated heterocycles. The smallest absolute Gasteiger partial charge is 0.161 e. The first kappa shape index (κ1) is 18.9. The van der Waals surface area contributed by atoms with Crippen LogP contribution in [-0.2, 0) is 13.0 Å². The fourth-order valence-corrected chi connectivity index (χ4v) is 3.34. The van der Waals surface area contributed by atoms with Crippen molar-refractivity contribution in [1.29, 1.82) is 0 Å². The third-order valence-electron chi connectivity index (χ3n) is 4.95. The zero-order valence-electron chi connectivity index (χ0n) is 16.0. The van der Waals surface area contributed by atoms with E-state index in [1.165, 1.54) is 42.5 Å². The molecule has 134 valence electrons. The van der Waals surface area contributed by atoms with E-state index < -0.39 is 0 Å². The van der Waals surface area contributed by atoms with Crippen LogP contribution in [0.15, 0.2) is 23.8 Å². The molecule has 0 fully saturated rings. The summed E-state index contributed by atoms with van der Waals surface area (Å²) >= 11 is 0. The van der Waals surface area contributed by atoms with Gasteiger partial charge < -0.3 is 9.47 Å². The first-order valence-electron chi connectivity index (χ1n) is 9.13. The van der Waals surface area contributed by atoms with Crippen LogP contribution < -0.4 is 9.47 Å². The number of hydrogen-bond donors (Lipinski definition) is 0. The Labute approximate surface area is 147 Å². The van der Waals surface area contributed by atoms with Crippen molar-refractivity contribution in [3.8, 4) is 11.5 Å². The van der Waals surface area contributed by atoms with Crippen LogP contribution in [0.25, 0.3) is 0 Å². The van der Waals surface area contributed by atoms with Gasteiger partial charge in [-0.3, -0.25) is 4.90 Å². The van der Waals surface area contributed by atoms with Gasteiger partial charge in [0, 0.05) is 13.1 Å². The fourth-order valence-electron chi connectivity index (χ4n) is 3.34. The van der Waals surface area contributed by atoms with Crippen LogP contribution in [0.1, 0.15) is 51.2 Å². The van der Waals surface area contributed by atoms with Gasteiger partial charge in [0.2, 0.25) is 0 Å². The number of fused-ring (bicyclic) bond motifs is 1. The zero-order valence-corrected chi connectivity index (χ0v) is 16.0. The minimum atomic E-state index is 0.785. The van der Waals surface area contributed by atoms with E-state index in [0.29, 0.717) is 0 Å². The van der Waals surface area contributed by atoms with Gasteiger partial charge in [0.25, 0.3) is 0 Å². The number of rotatable bonds is 8. The standard InChI is InChI=1S/C21H33NO2/c1-16(2)7-6-8-17(3)9-11-22-12-10-18-13-20(23-4)21(24-5)14-19(18)15-22/h7,13-14,17H,6,8-12,15H2,1-5H3. The molecular weight excluding hydrogens is 298 g/mol. The molecule has 1 aliphatic heterocycles. The Hall–Kier alpha value is -1.48. The molecule has 0 radical (unpaired) electrons. The summed E-state index contributed by atoms with van der Waals surface area (Å²) in [6.45, 7) is 10.1. The molecule has 1 atom stereocenters. The Bertz CT molecular complexity index is 561. The highest BCUT2D eigenvalue weighted by molar-refractivity contribution is 5.48. The summed E-state index contributed by atoms with van der Waals surface area (Å²) in [6.07, 6.45) is 7.23. The van der Waals surface area contributed by atoms with E-state index in [1.54, 1.807) is 14.2 Å². The van der Waals surface area contributed by atoms with Crippen molar-refractivity contribution < 1.29 is 9.47 Å². The monoisotopic (exact) mass is 331 g/mol. The van der Waals surface area contributed by atoms with Crippen molar-refractivity contribution in [3.05, 3.63) is 34.9 Å². The van der Waals surface area contributed by atoms with Gasteiger partial charge in [0.15, 0.2) is 11.5 Å². The van der Waals surface area contributed by atoms with Gasteiger partial charge >= 0.3 is 0 Å². The molecule has 0 N–H and O–H groups in total. The first-order chi connectivity index (χ1) is 11.5. The molecule has 0 aliphatic carbocycles. The molecule has 2 rings (SSSR count). The summed E-state index contributed by atoms with van der Waals surface area (Å²) in [6, 6.07) is 4.30. The van der Waals surface area contributed by atoms with Gasteiger partial charge in [0.05, 0.1) is 14.2 Å². The molecule has 0 amide bonds. The topological polar surface area (TPSA) is 21.7 Å². The molecule has 1 aliphatic rings. The SMILES string of the molecule is COc1cc2c(cc1OC)CN(CCC(C)CCC=C(C)C)CC2. The Morgan fingerprint density at radius 2 is 1.79 bits per heavy atom. The highest BCUT2D eigenvalue weighted by Crippen LogP contribution is 2.33. The number of benzene rings is 1. The lowest BCUT2D eigenvalue weighted by atomic mass is 9.97. The largest absolute Gasteiger partial charge is 0.493 e. The maximum absolute atomic E-state index is 5.45. The molecule has 1 unspecified atom stereocenters. The minimum absolute atomic E-state index is 0.785. The van der Waals surface area contributed by atoms with Crippen LogP contribution in [-0.4, -0.2) is 32.2 Å². The Kier molecular flexibility index (Phi) is 7.16. The number of hydrogen-bond acceptors (Lipinski definition) is 3. The average Bonchev–Trinajstić information content (AvgIpc) is 2.58. The molecule has 1 heterocycles. The Balaban J connectivity index is 1.87. The summed E-state index contributed by atoms with van der Waals surface area (Å²) in [5, 5.41) is 0. The molecule has 3 nitrogen and oxygen atoms in total. The van der Waals surface area contributed by atoms with Gasteiger partial charge in [-0.1, -0.05) is 18.6 Å². The summed E-state index contributed by atoms with van der Waals surface area (Å²) < 4.78 is 10.9. The summed E-state index contributed by atoms with van der Waals surface area (Å²) in [7, 11) is 3.41. The molecule has 0 aromatic heterocycles. The quantitative estimate of drug-likeness (QED) is 0.637. The number of nitrogens with zero attached hydrogens (tertiary/aromatic N) is 1. The van der Waals surface area contributed by atoms with Crippen molar-refractivity contribution in [2.45, 2.75) is 53.0 Å². The van der Waals surface area contributed by atoms with E-state index in [2.05, 4.69) is 43.9 Å². The normalized spacial score (nSPS) is 15.5. The second-order valence-corrected chi connectivity index (χ2v) is 7.25. The summed E-state index contributed by atoms with van der Waals surface area (Å²) in [5.41, 5.74) is 4.22. The third kappa shape index (κ3) is 5.27. The maximum Gasteiger partial charge on any atom is 0.161 e. The second kappa shape index (κ2) is 9.12. The lowest BCUT2D eigenvalue weighted by Gasteiger charge is -2.30. The molecule has 0 spiro atoms. The van der Waals surface area contributed by atoms with Crippen molar-refractivity contribution >= 4 is 0 Å². The van der Waals surface area contributed by atoms with Crippen LogP contribution >= 0.6 is 0 Å². The van der Waals surface area contributed by atoms with Gasteiger partial charge in [0.1, 0.15) is 0 Å². The van der Waals surface area contributed by atoms with Crippen LogP contribution in [0.3, 0.4) is 0 Å². The molecular formula is C21H33NO2. The van der Waals surface area contributed by atoms with Crippen molar-refractivity contribution in [2.24, 2.45) is 5.92 Å². The highest BCUT2D eigenvalue weighted by Gasteiger charge is 2.19. The van der Waals surface area contributed by atoms with E-state index in [1.807, 2.05) is 0 Å². The van der Waals surface area contributed by atoms with Crippen LogP contribution in [0.4, 0.5) is 0 Å². The summed E-state index contributed by atoms with van der Waals surface area (Å²) in [4.78, 5) is 2.58. The Morgan fingerprint density at radius 1 is 1.12 bits per heavy atom. The lowest BCUT2D eigenvalue weighted by Crippen LogP contribution is -2.32. The molecule has 0 saturated carbocycles. The van der Waals surface area contributed by atoms with Crippen molar-refractivity contribution in [2.75, 3.05) is 27.3 Å². The molecule has 1 aromatic rings. The Morgan fingerprint density at radius 3 is 2.42 bits per heavy atom. The fraction of sp³-hybridized carbons (Fsp3) is 0.619. The van der Waals surface area contributed by atoms with Crippen molar-refractivity contribution in [1.82, 2.24) is 4.90 Å². The number of ether oxygens (including phenoxy) is 2. The van der Waals surface area contributed by atoms with Crippen LogP contribution in [0, 0.1) is 5.92 Å². The van der Waals surface area contributed by atoms with E-state index in [4.69, 9.17) is 9.47 Å². The van der Waals surface area contributed by atoms with E-state index >= 15 is 0 Å². The lowest BCUT2D eigenvalue weighted by molar-refractivity contribution is 0.233. The predicted molar refractivity (Wildman–Crippen MR) is 101 cm³/mol. The second-order valence-electron chi connectivity index (χ2n) is 7.25. The van der Waals surface area contributed by atoms with Crippen LogP contribution in [0.2, 0.25) is 0 Å². The maximum atomic E-state index is 5.45. The first-order valence-corrected chi connectivity index (χ1v) is 9.13. The number of methoxy groups -OCH3 is 2. The van der Waals surface area contributed by atoms with Gasteiger partial charge in [-0.25, -0.2) is 0 Å². The van der Waals surface area contributed by atoms with Gasteiger partial charge in [-0.15, -0.1) is 0 Å².